The number of anilines is 2. The average molecular weight is 348 g/mol. The zero-order chi connectivity index (χ0) is 18.3. The van der Waals surface area contributed by atoms with E-state index in [0.29, 0.717) is 11.6 Å². The Labute approximate surface area is 151 Å². The molecule has 26 heavy (non-hydrogen) atoms. The zero-order valence-corrected chi connectivity index (χ0v) is 15.2. The monoisotopic (exact) mass is 348 g/mol. The highest BCUT2D eigenvalue weighted by molar-refractivity contribution is 5.81. The highest BCUT2D eigenvalue weighted by atomic mass is 16.5. The topological polar surface area (TPSA) is 81.7 Å². The van der Waals surface area contributed by atoms with Crippen molar-refractivity contribution in [2.45, 2.75) is 26.2 Å². The first kappa shape index (κ1) is 16.3. The summed E-state index contributed by atoms with van der Waals surface area (Å²) >= 11 is 0. The fraction of sp³-hybridized carbons (Fsp3) is 0.263. The number of fused-ring (bicyclic) bond motifs is 1. The van der Waals surface area contributed by atoms with Crippen LogP contribution in [-0.2, 0) is 12.5 Å². The second-order valence-electron chi connectivity index (χ2n) is 7.31. The van der Waals surface area contributed by atoms with Gasteiger partial charge in [0.25, 0.3) is 0 Å². The first-order valence-corrected chi connectivity index (χ1v) is 8.38. The van der Waals surface area contributed by atoms with Gasteiger partial charge in [-0.15, -0.1) is 0 Å². The summed E-state index contributed by atoms with van der Waals surface area (Å²) in [6, 6.07) is 7.72. The molecule has 7 heteroatoms. The van der Waals surface area contributed by atoms with Crippen LogP contribution in [0, 0.1) is 0 Å². The Morgan fingerprint density at radius 1 is 1.00 bits per heavy atom. The van der Waals surface area contributed by atoms with Crippen molar-refractivity contribution >= 4 is 22.7 Å². The predicted molar refractivity (Wildman–Crippen MR) is 100 cm³/mol. The van der Waals surface area contributed by atoms with Gasteiger partial charge in [0, 0.05) is 42.0 Å². The number of aryl methyl sites for hydroxylation is 1. The molecule has 0 aliphatic rings. The maximum Gasteiger partial charge on any atom is 0.175 e. The zero-order valence-electron chi connectivity index (χ0n) is 15.2. The summed E-state index contributed by atoms with van der Waals surface area (Å²) in [5, 5.41) is 11.5. The van der Waals surface area contributed by atoms with Crippen molar-refractivity contribution < 1.29 is 4.52 Å². The molecule has 0 fully saturated rings. The lowest BCUT2D eigenvalue weighted by molar-refractivity contribution is 0.331. The standard InChI is InChI=1S/C19H20N6O/c1-19(2,3)16-8-18(24-26-16)23-17-6-5-14-15(22-17)7-12(9-20-14)13-10-21-25(4)11-13/h5-11H,1-4H3,(H,22,23,24). The molecule has 4 heterocycles. The molecule has 0 aliphatic heterocycles. The van der Waals surface area contributed by atoms with Crippen LogP contribution < -0.4 is 5.32 Å². The third-order valence-corrected chi connectivity index (χ3v) is 4.08. The van der Waals surface area contributed by atoms with Crippen LogP contribution in [0.5, 0.6) is 0 Å². The molecule has 4 aromatic heterocycles. The van der Waals surface area contributed by atoms with Crippen molar-refractivity contribution in [2.75, 3.05) is 5.32 Å². The predicted octanol–water partition coefficient (Wildman–Crippen LogP) is 4.06. The maximum absolute atomic E-state index is 5.41. The molecule has 7 nitrogen and oxygen atoms in total. The summed E-state index contributed by atoms with van der Waals surface area (Å²) in [6.07, 6.45) is 5.60. The summed E-state index contributed by atoms with van der Waals surface area (Å²) < 4.78 is 7.17. The summed E-state index contributed by atoms with van der Waals surface area (Å²) in [7, 11) is 1.89. The highest BCUT2D eigenvalue weighted by Gasteiger charge is 2.19. The Kier molecular flexibility index (Phi) is 3.72. The molecule has 0 amide bonds. The van der Waals surface area contributed by atoms with Gasteiger partial charge < -0.3 is 9.84 Å². The van der Waals surface area contributed by atoms with Crippen molar-refractivity contribution in [3.05, 3.63) is 48.6 Å². The first-order valence-electron chi connectivity index (χ1n) is 8.38. The van der Waals surface area contributed by atoms with E-state index >= 15 is 0 Å². The normalized spacial score (nSPS) is 11.8. The molecule has 0 atom stereocenters. The van der Waals surface area contributed by atoms with Crippen LogP contribution in [0.1, 0.15) is 26.5 Å². The number of hydrogen-bond acceptors (Lipinski definition) is 6. The van der Waals surface area contributed by atoms with Gasteiger partial charge in [0.1, 0.15) is 11.6 Å². The molecule has 0 saturated heterocycles. The van der Waals surface area contributed by atoms with Crippen molar-refractivity contribution in [1.82, 2.24) is 24.9 Å². The van der Waals surface area contributed by atoms with Crippen molar-refractivity contribution in [3.8, 4) is 11.1 Å². The van der Waals surface area contributed by atoms with E-state index in [1.54, 1.807) is 4.68 Å². The van der Waals surface area contributed by atoms with Gasteiger partial charge in [-0.05, 0) is 18.2 Å². The van der Waals surface area contributed by atoms with Crippen molar-refractivity contribution in [1.29, 1.82) is 0 Å². The smallest absolute Gasteiger partial charge is 0.175 e. The molecule has 0 aliphatic carbocycles. The fourth-order valence-corrected chi connectivity index (χ4v) is 2.62. The molecule has 0 bridgehead atoms. The maximum atomic E-state index is 5.41. The van der Waals surface area contributed by atoms with Crippen LogP contribution in [0.15, 0.2) is 47.4 Å². The average Bonchev–Trinajstić information content (AvgIpc) is 3.23. The van der Waals surface area contributed by atoms with Crippen LogP contribution in [0.4, 0.5) is 11.6 Å². The van der Waals surface area contributed by atoms with E-state index in [2.05, 4.69) is 46.3 Å². The van der Waals surface area contributed by atoms with Crippen LogP contribution >= 0.6 is 0 Å². The van der Waals surface area contributed by atoms with Crippen LogP contribution in [0.3, 0.4) is 0 Å². The third kappa shape index (κ3) is 3.15. The molecule has 0 spiro atoms. The number of hydrogen-bond donors (Lipinski definition) is 1. The van der Waals surface area contributed by atoms with Gasteiger partial charge in [0.15, 0.2) is 5.82 Å². The minimum Gasteiger partial charge on any atom is -0.359 e. The van der Waals surface area contributed by atoms with E-state index in [1.807, 2.05) is 49.9 Å². The molecule has 4 aromatic rings. The summed E-state index contributed by atoms with van der Waals surface area (Å²) in [4.78, 5) is 9.14. The Balaban J connectivity index is 1.65. The largest absolute Gasteiger partial charge is 0.359 e. The van der Waals surface area contributed by atoms with E-state index in [9.17, 15) is 0 Å². The first-order chi connectivity index (χ1) is 12.4. The lowest BCUT2D eigenvalue weighted by Crippen LogP contribution is -2.09. The van der Waals surface area contributed by atoms with E-state index < -0.39 is 0 Å². The molecule has 0 unspecified atom stereocenters. The van der Waals surface area contributed by atoms with Crippen molar-refractivity contribution in [3.63, 3.8) is 0 Å². The molecule has 1 N–H and O–H groups in total. The molecule has 0 saturated carbocycles. The lowest BCUT2D eigenvalue weighted by Gasteiger charge is -2.12. The Bertz CT molecular complexity index is 1070. The molecule has 0 aromatic carbocycles. The van der Waals surface area contributed by atoms with Gasteiger partial charge in [-0.2, -0.15) is 5.10 Å². The SMILES string of the molecule is Cn1cc(-c2cnc3ccc(Nc4cc(C(C)(C)C)on4)nc3c2)cn1. The lowest BCUT2D eigenvalue weighted by atomic mass is 9.93. The van der Waals surface area contributed by atoms with Crippen LogP contribution in [0.2, 0.25) is 0 Å². The number of aromatic nitrogens is 5. The molecule has 132 valence electrons. The summed E-state index contributed by atoms with van der Waals surface area (Å²) in [6.45, 7) is 6.24. The van der Waals surface area contributed by atoms with Gasteiger partial charge in [-0.3, -0.25) is 9.67 Å². The number of nitrogens with one attached hydrogen (secondary N) is 1. The second-order valence-corrected chi connectivity index (χ2v) is 7.31. The Morgan fingerprint density at radius 3 is 2.54 bits per heavy atom. The van der Waals surface area contributed by atoms with E-state index in [1.165, 1.54) is 0 Å². The number of nitrogens with zero attached hydrogens (tertiary/aromatic N) is 5. The summed E-state index contributed by atoms with van der Waals surface area (Å²) in [5.74, 6) is 2.15. The molecular formula is C19H20N6O. The second kappa shape index (κ2) is 5.94. The van der Waals surface area contributed by atoms with Crippen LogP contribution in [0.25, 0.3) is 22.2 Å². The fourth-order valence-electron chi connectivity index (χ4n) is 2.62. The summed E-state index contributed by atoms with van der Waals surface area (Å²) in [5.41, 5.74) is 3.53. The van der Waals surface area contributed by atoms with Gasteiger partial charge in [-0.1, -0.05) is 25.9 Å². The Morgan fingerprint density at radius 2 is 1.85 bits per heavy atom. The van der Waals surface area contributed by atoms with Crippen LogP contribution in [-0.4, -0.2) is 24.9 Å². The highest BCUT2D eigenvalue weighted by Crippen LogP contribution is 2.26. The van der Waals surface area contributed by atoms with E-state index in [0.717, 1.165) is 27.9 Å². The molecular weight excluding hydrogens is 328 g/mol. The Hall–Kier alpha value is -3.22. The third-order valence-electron chi connectivity index (χ3n) is 4.08. The van der Waals surface area contributed by atoms with E-state index in [-0.39, 0.29) is 5.41 Å². The molecule has 0 radical (unpaired) electrons. The van der Waals surface area contributed by atoms with Gasteiger partial charge >= 0.3 is 0 Å². The quantitative estimate of drug-likeness (QED) is 0.601. The van der Waals surface area contributed by atoms with Gasteiger partial charge in [-0.25, -0.2) is 4.98 Å². The van der Waals surface area contributed by atoms with Gasteiger partial charge in [0.05, 0.1) is 17.2 Å². The number of pyridine rings is 2. The molecule has 4 rings (SSSR count). The minimum absolute atomic E-state index is 0.0910. The van der Waals surface area contributed by atoms with Crippen molar-refractivity contribution in [2.24, 2.45) is 7.05 Å². The van der Waals surface area contributed by atoms with Gasteiger partial charge in [0.2, 0.25) is 0 Å². The van der Waals surface area contributed by atoms with E-state index in [4.69, 9.17) is 4.52 Å². The minimum atomic E-state index is -0.0910. The number of rotatable bonds is 3.